The summed E-state index contributed by atoms with van der Waals surface area (Å²) in [5.41, 5.74) is 18.6. The zero-order valence-electron chi connectivity index (χ0n) is 34.0. The summed E-state index contributed by atoms with van der Waals surface area (Å²) in [4.78, 5) is 0. The van der Waals surface area contributed by atoms with Gasteiger partial charge in [-0.05, 0) is 191 Å². The average molecular weight is 741 g/mol. The fourth-order valence-corrected chi connectivity index (χ4v) is 10.3. The second kappa shape index (κ2) is 11.6. The minimum atomic E-state index is 0.0170. The first-order valence-electron chi connectivity index (χ1n) is 20.8. The molecule has 0 bridgehead atoms. The van der Waals surface area contributed by atoms with Crippen LogP contribution < -0.4 is 0 Å². The number of benzene rings is 10. The quantitative estimate of drug-likeness (QED) is 0.155. The first-order valence-corrected chi connectivity index (χ1v) is 20.8. The fraction of sp³-hybridized carbons (Fsp3) is 0.138. The number of hydrogen-bond donors (Lipinski definition) is 0. The van der Waals surface area contributed by atoms with Crippen molar-refractivity contribution in [3.8, 4) is 66.8 Å². The fourth-order valence-electron chi connectivity index (χ4n) is 10.3. The van der Waals surface area contributed by atoms with Crippen molar-refractivity contribution in [1.82, 2.24) is 0 Å². The molecule has 0 spiro atoms. The highest BCUT2D eigenvalue weighted by molar-refractivity contribution is 6.29. The van der Waals surface area contributed by atoms with Crippen molar-refractivity contribution < 1.29 is 0 Å². The van der Waals surface area contributed by atoms with Gasteiger partial charge in [0.05, 0.1) is 0 Å². The van der Waals surface area contributed by atoms with E-state index in [0.29, 0.717) is 0 Å². The van der Waals surface area contributed by atoms with Crippen LogP contribution >= 0.6 is 0 Å². The van der Waals surface area contributed by atoms with Gasteiger partial charge in [-0.2, -0.15) is 0 Å². The summed E-state index contributed by atoms with van der Waals surface area (Å²) < 4.78 is 0. The maximum Gasteiger partial charge on any atom is -0.00260 e. The Bertz CT molecular complexity index is 3410. The highest BCUT2D eigenvalue weighted by Crippen LogP contribution is 2.55. The molecule has 0 atom stereocenters. The molecular formula is C58H44. The molecule has 0 amide bonds. The van der Waals surface area contributed by atoms with Crippen LogP contribution in [0.2, 0.25) is 0 Å². The number of hydrogen-bond acceptors (Lipinski definition) is 0. The van der Waals surface area contributed by atoms with Gasteiger partial charge in [0.25, 0.3) is 0 Å². The molecule has 0 saturated carbocycles. The molecule has 0 unspecified atom stereocenters. The van der Waals surface area contributed by atoms with Gasteiger partial charge in [0.15, 0.2) is 0 Å². The first-order chi connectivity index (χ1) is 28.0. The van der Waals surface area contributed by atoms with Gasteiger partial charge in [-0.25, -0.2) is 0 Å². The molecule has 0 aromatic heterocycles. The lowest BCUT2D eigenvalue weighted by molar-refractivity contribution is 0.589. The van der Waals surface area contributed by atoms with E-state index in [1.54, 1.807) is 0 Å². The van der Waals surface area contributed by atoms with Gasteiger partial charge < -0.3 is 0 Å². The van der Waals surface area contributed by atoms with Gasteiger partial charge in [-0.3, -0.25) is 0 Å². The molecule has 0 radical (unpaired) electrons. The second-order valence-corrected chi connectivity index (χ2v) is 18.9. The minimum absolute atomic E-state index is 0.0170. The highest BCUT2D eigenvalue weighted by atomic mass is 14.3. The molecule has 0 saturated heterocycles. The van der Waals surface area contributed by atoms with E-state index >= 15 is 0 Å². The summed E-state index contributed by atoms with van der Waals surface area (Å²) in [5, 5.41) is 13.2. The largest absolute Gasteiger partial charge is 0.0622 e. The zero-order valence-corrected chi connectivity index (χ0v) is 34.0. The molecular weight excluding hydrogens is 697 g/mol. The Balaban J connectivity index is 1.25. The standard InChI is InChI=1S/C58H44/c1-57(2,3)37-23-36-24-38(58(4,5)6)26-54-52-32-50-46(31-51(52)53(25-37)56(36)54)42(34-17-11-8-12-18-34)28-47-48(50)27-41(33-15-9-7-10-16-33)45-29-43-39-21-13-19-35-20-14-22-40(55(35)39)44(43)30-49(45)47/h7-32H,1-6H3. The maximum absolute atomic E-state index is 2.56. The summed E-state index contributed by atoms with van der Waals surface area (Å²) in [5.74, 6) is 0. The van der Waals surface area contributed by atoms with Gasteiger partial charge in [0.2, 0.25) is 0 Å². The molecule has 10 aromatic carbocycles. The second-order valence-electron chi connectivity index (χ2n) is 18.9. The predicted molar refractivity (Wildman–Crippen MR) is 251 cm³/mol. The molecule has 2 aliphatic rings. The van der Waals surface area contributed by atoms with Crippen LogP contribution in [0.3, 0.4) is 0 Å². The summed E-state index contributed by atoms with van der Waals surface area (Å²) >= 11 is 0. The molecule has 12 rings (SSSR count). The van der Waals surface area contributed by atoms with Crippen molar-refractivity contribution in [2.24, 2.45) is 0 Å². The zero-order chi connectivity index (χ0) is 39.2. The van der Waals surface area contributed by atoms with Crippen LogP contribution in [0.4, 0.5) is 0 Å². The Morgan fingerprint density at radius 1 is 0.259 bits per heavy atom. The van der Waals surface area contributed by atoms with Gasteiger partial charge in [-0.15, -0.1) is 0 Å². The molecule has 276 valence electrons. The Morgan fingerprint density at radius 3 is 1.05 bits per heavy atom. The van der Waals surface area contributed by atoms with Crippen LogP contribution in [0.15, 0.2) is 158 Å². The molecule has 0 aliphatic heterocycles. The third-order valence-corrected chi connectivity index (χ3v) is 13.4. The van der Waals surface area contributed by atoms with Crippen LogP contribution in [0, 0.1) is 0 Å². The van der Waals surface area contributed by atoms with Crippen LogP contribution in [0.25, 0.3) is 121 Å². The lowest BCUT2D eigenvalue weighted by atomic mass is 9.81. The normalized spacial score (nSPS) is 13.0. The molecule has 0 fully saturated rings. The Kier molecular flexibility index (Phi) is 6.70. The van der Waals surface area contributed by atoms with Crippen LogP contribution in [0.1, 0.15) is 52.7 Å². The average Bonchev–Trinajstić information content (AvgIpc) is 3.71. The third kappa shape index (κ3) is 4.69. The monoisotopic (exact) mass is 740 g/mol. The topological polar surface area (TPSA) is 0 Å². The van der Waals surface area contributed by atoms with Crippen molar-refractivity contribution >= 4 is 53.9 Å². The van der Waals surface area contributed by atoms with Crippen LogP contribution in [0.5, 0.6) is 0 Å². The molecule has 10 aromatic rings. The molecule has 2 aliphatic carbocycles. The Morgan fingerprint density at radius 2 is 0.621 bits per heavy atom. The van der Waals surface area contributed by atoms with Gasteiger partial charge in [0.1, 0.15) is 0 Å². The highest BCUT2D eigenvalue weighted by Gasteiger charge is 2.30. The lowest BCUT2D eigenvalue weighted by Crippen LogP contribution is -2.12. The van der Waals surface area contributed by atoms with E-state index in [4.69, 9.17) is 0 Å². The van der Waals surface area contributed by atoms with E-state index in [-0.39, 0.29) is 10.8 Å². The number of rotatable bonds is 2. The van der Waals surface area contributed by atoms with Crippen molar-refractivity contribution in [3.05, 3.63) is 169 Å². The van der Waals surface area contributed by atoms with Gasteiger partial charge in [-0.1, -0.05) is 151 Å². The van der Waals surface area contributed by atoms with Crippen molar-refractivity contribution in [3.63, 3.8) is 0 Å². The molecule has 0 nitrogen and oxygen atoms in total. The molecule has 0 heteroatoms. The van der Waals surface area contributed by atoms with Crippen molar-refractivity contribution in [2.75, 3.05) is 0 Å². The minimum Gasteiger partial charge on any atom is -0.0622 e. The summed E-state index contributed by atoms with van der Waals surface area (Å²) in [6.45, 7) is 14.1. The summed E-state index contributed by atoms with van der Waals surface area (Å²) in [6, 6.07) is 60.7. The third-order valence-electron chi connectivity index (χ3n) is 13.4. The van der Waals surface area contributed by atoms with E-state index in [0.717, 1.165) is 0 Å². The van der Waals surface area contributed by atoms with Gasteiger partial charge >= 0.3 is 0 Å². The van der Waals surface area contributed by atoms with Crippen LogP contribution in [-0.2, 0) is 10.8 Å². The summed E-state index contributed by atoms with van der Waals surface area (Å²) in [6.07, 6.45) is 0. The SMILES string of the molecule is CC(C)(C)c1cc2c3c(cc(C(C)(C)C)cc3c1)-c1cc3c(cc1-2)c(-c1ccccc1)cc1c2cc4c(cc2c(-c2ccccc2)cc31)-c1cccc2cccc-4c12. The van der Waals surface area contributed by atoms with E-state index in [1.807, 2.05) is 0 Å². The Labute approximate surface area is 340 Å². The number of fused-ring (bicyclic) bond motifs is 11. The van der Waals surface area contributed by atoms with Crippen molar-refractivity contribution in [2.45, 2.75) is 52.4 Å². The predicted octanol–water partition coefficient (Wildman–Crippen LogP) is 16.7. The van der Waals surface area contributed by atoms with Crippen LogP contribution in [-0.4, -0.2) is 0 Å². The van der Waals surface area contributed by atoms with E-state index in [1.165, 1.54) is 132 Å². The van der Waals surface area contributed by atoms with Crippen molar-refractivity contribution in [1.29, 1.82) is 0 Å². The lowest BCUT2D eigenvalue weighted by Gasteiger charge is -2.23. The van der Waals surface area contributed by atoms with E-state index in [2.05, 4.69) is 199 Å². The summed E-state index contributed by atoms with van der Waals surface area (Å²) in [7, 11) is 0. The smallest absolute Gasteiger partial charge is 0.00260 e. The maximum atomic E-state index is 2.56. The first kappa shape index (κ1) is 33.6. The molecule has 0 heterocycles. The molecule has 58 heavy (non-hydrogen) atoms. The van der Waals surface area contributed by atoms with E-state index in [9.17, 15) is 0 Å². The Hall–Kier alpha value is -6.50. The van der Waals surface area contributed by atoms with E-state index < -0.39 is 0 Å². The van der Waals surface area contributed by atoms with Gasteiger partial charge in [0, 0.05) is 0 Å². The molecule has 0 N–H and O–H groups in total.